The summed E-state index contributed by atoms with van der Waals surface area (Å²) in [6.45, 7) is 1.68. The summed E-state index contributed by atoms with van der Waals surface area (Å²) in [6, 6.07) is 14.6. The zero-order valence-electron chi connectivity index (χ0n) is 12.5. The van der Waals surface area contributed by atoms with E-state index in [0.29, 0.717) is 27.9 Å². The minimum atomic E-state index is -0.104. The monoisotopic (exact) mass is 327 g/mol. The lowest BCUT2D eigenvalue weighted by Crippen LogP contribution is -2.02. The van der Waals surface area contributed by atoms with Crippen LogP contribution in [0.4, 0.5) is 0 Å². The first-order chi connectivity index (χ1) is 11.1. The van der Waals surface area contributed by atoms with Crippen LogP contribution in [0.15, 0.2) is 59.2 Å². The lowest BCUT2D eigenvalue weighted by molar-refractivity contribution is 0.101. The van der Waals surface area contributed by atoms with Crippen LogP contribution in [0.1, 0.15) is 23.0 Å². The van der Waals surface area contributed by atoms with Gasteiger partial charge in [-0.05, 0) is 37.3 Å². The average Bonchev–Trinajstić information content (AvgIpc) is 3.03. The molecule has 1 heterocycles. The van der Waals surface area contributed by atoms with Crippen molar-refractivity contribution in [3.05, 3.63) is 71.1 Å². The van der Waals surface area contributed by atoms with Crippen molar-refractivity contribution in [1.82, 2.24) is 4.98 Å². The summed E-state index contributed by atoms with van der Waals surface area (Å²) in [5, 5.41) is 0.496. The third-order valence-corrected chi connectivity index (χ3v) is 3.50. The van der Waals surface area contributed by atoms with Gasteiger partial charge in [0.25, 0.3) is 0 Å². The average molecular weight is 328 g/mol. The van der Waals surface area contributed by atoms with Crippen LogP contribution in [0, 0.1) is 0 Å². The number of hydrogen-bond donors (Lipinski definition) is 0. The van der Waals surface area contributed by atoms with E-state index < -0.39 is 0 Å². The SMILES string of the molecule is CC(=O)c1cc(Cl)ccc1OCc1coc(-c2ccccc2)n1. The number of hydrogen-bond acceptors (Lipinski definition) is 4. The third kappa shape index (κ3) is 3.60. The summed E-state index contributed by atoms with van der Waals surface area (Å²) in [4.78, 5) is 16.0. The number of ether oxygens (including phenoxy) is 1. The van der Waals surface area contributed by atoms with Crippen LogP contribution < -0.4 is 4.74 Å². The number of carbonyl (C=O) groups excluding carboxylic acids is 1. The summed E-state index contributed by atoms with van der Waals surface area (Å²) in [6.07, 6.45) is 1.55. The predicted molar refractivity (Wildman–Crippen MR) is 87.7 cm³/mol. The van der Waals surface area contributed by atoms with Crippen LogP contribution in [-0.2, 0) is 6.61 Å². The quantitative estimate of drug-likeness (QED) is 0.633. The van der Waals surface area contributed by atoms with Gasteiger partial charge in [0.1, 0.15) is 24.3 Å². The van der Waals surface area contributed by atoms with Gasteiger partial charge in [-0.2, -0.15) is 0 Å². The Hall–Kier alpha value is -2.59. The van der Waals surface area contributed by atoms with Crippen molar-refractivity contribution >= 4 is 17.4 Å². The molecule has 0 bridgehead atoms. The van der Waals surface area contributed by atoms with Crippen molar-refractivity contribution in [2.24, 2.45) is 0 Å². The van der Waals surface area contributed by atoms with E-state index in [4.69, 9.17) is 20.8 Å². The van der Waals surface area contributed by atoms with E-state index in [1.807, 2.05) is 30.3 Å². The Balaban J connectivity index is 1.75. The molecule has 23 heavy (non-hydrogen) atoms. The third-order valence-electron chi connectivity index (χ3n) is 3.27. The predicted octanol–water partition coefficient (Wildman–Crippen LogP) is 4.78. The summed E-state index contributed by atoms with van der Waals surface area (Å²) in [7, 11) is 0. The number of nitrogens with zero attached hydrogens (tertiary/aromatic N) is 1. The second kappa shape index (κ2) is 6.67. The fourth-order valence-electron chi connectivity index (χ4n) is 2.14. The van der Waals surface area contributed by atoms with Crippen molar-refractivity contribution in [3.63, 3.8) is 0 Å². The van der Waals surface area contributed by atoms with Crippen molar-refractivity contribution in [2.45, 2.75) is 13.5 Å². The minimum Gasteiger partial charge on any atom is -0.486 e. The molecule has 4 nitrogen and oxygen atoms in total. The lowest BCUT2D eigenvalue weighted by atomic mass is 10.1. The number of oxazole rings is 1. The first-order valence-electron chi connectivity index (χ1n) is 7.06. The maximum atomic E-state index is 11.6. The van der Waals surface area contributed by atoms with E-state index in [0.717, 1.165) is 5.56 Å². The number of rotatable bonds is 5. The molecule has 0 aliphatic rings. The second-order valence-corrected chi connectivity index (χ2v) is 5.43. The van der Waals surface area contributed by atoms with E-state index in [1.54, 1.807) is 24.5 Å². The number of halogens is 1. The topological polar surface area (TPSA) is 52.3 Å². The van der Waals surface area contributed by atoms with Gasteiger partial charge < -0.3 is 9.15 Å². The van der Waals surface area contributed by atoms with E-state index in [2.05, 4.69) is 4.98 Å². The van der Waals surface area contributed by atoms with Crippen LogP contribution in [-0.4, -0.2) is 10.8 Å². The molecule has 0 N–H and O–H groups in total. The molecule has 0 aliphatic carbocycles. The number of benzene rings is 2. The lowest BCUT2D eigenvalue weighted by Gasteiger charge is -2.08. The molecule has 0 radical (unpaired) electrons. The Morgan fingerprint density at radius 2 is 2.00 bits per heavy atom. The Kier molecular flexibility index (Phi) is 4.44. The van der Waals surface area contributed by atoms with E-state index in [-0.39, 0.29) is 12.4 Å². The number of aromatic nitrogens is 1. The fraction of sp³-hybridized carbons (Fsp3) is 0.111. The molecule has 2 aromatic carbocycles. The van der Waals surface area contributed by atoms with E-state index in [1.165, 1.54) is 6.92 Å². The first kappa shape index (κ1) is 15.3. The molecule has 0 unspecified atom stereocenters. The highest BCUT2D eigenvalue weighted by atomic mass is 35.5. The Morgan fingerprint density at radius 1 is 1.22 bits per heavy atom. The van der Waals surface area contributed by atoms with Crippen LogP contribution in [0.5, 0.6) is 5.75 Å². The Labute approximate surface area is 138 Å². The van der Waals surface area contributed by atoms with Crippen molar-refractivity contribution in [3.8, 4) is 17.2 Å². The molecule has 0 aliphatic heterocycles. The molecule has 0 fully saturated rings. The molecule has 3 rings (SSSR count). The summed E-state index contributed by atoms with van der Waals surface area (Å²) < 4.78 is 11.1. The number of Topliss-reactive ketones (excluding diaryl/α,β-unsaturated/α-hetero) is 1. The molecule has 1 aromatic heterocycles. The van der Waals surface area contributed by atoms with Crippen LogP contribution >= 0.6 is 11.6 Å². The maximum Gasteiger partial charge on any atom is 0.226 e. The second-order valence-electron chi connectivity index (χ2n) is 5.00. The number of carbonyl (C=O) groups is 1. The molecule has 3 aromatic rings. The fourth-order valence-corrected chi connectivity index (χ4v) is 2.31. The summed E-state index contributed by atoms with van der Waals surface area (Å²) in [5.41, 5.74) is 1.99. The smallest absolute Gasteiger partial charge is 0.226 e. The van der Waals surface area contributed by atoms with Crippen LogP contribution in [0.25, 0.3) is 11.5 Å². The maximum absolute atomic E-state index is 11.6. The zero-order chi connectivity index (χ0) is 16.2. The Bertz CT molecular complexity index is 827. The number of ketones is 1. The van der Waals surface area contributed by atoms with Gasteiger partial charge in [-0.3, -0.25) is 4.79 Å². The van der Waals surface area contributed by atoms with Crippen LogP contribution in [0.2, 0.25) is 5.02 Å². The molecule has 0 amide bonds. The standard InChI is InChI=1S/C18H14ClNO3/c1-12(21)16-9-14(19)7-8-17(16)22-10-15-11-23-18(20-15)13-5-3-2-4-6-13/h2-9,11H,10H2,1H3. The van der Waals surface area contributed by atoms with Crippen molar-refractivity contribution in [2.75, 3.05) is 0 Å². The molecule has 0 atom stereocenters. The molecule has 5 heteroatoms. The van der Waals surface area contributed by atoms with Crippen molar-refractivity contribution in [1.29, 1.82) is 0 Å². The summed E-state index contributed by atoms with van der Waals surface area (Å²) >= 11 is 5.91. The highest BCUT2D eigenvalue weighted by Crippen LogP contribution is 2.25. The molecule has 116 valence electrons. The van der Waals surface area contributed by atoms with Gasteiger partial charge in [-0.25, -0.2) is 4.98 Å². The zero-order valence-corrected chi connectivity index (χ0v) is 13.2. The van der Waals surface area contributed by atoms with Gasteiger partial charge in [0.05, 0.1) is 5.56 Å². The van der Waals surface area contributed by atoms with Gasteiger partial charge in [0.15, 0.2) is 5.78 Å². The highest BCUT2D eigenvalue weighted by Gasteiger charge is 2.11. The van der Waals surface area contributed by atoms with Gasteiger partial charge in [-0.15, -0.1) is 0 Å². The van der Waals surface area contributed by atoms with Gasteiger partial charge in [0, 0.05) is 10.6 Å². The van der Waals surface area contributed by atoms with E-state index in [9.17, 15) is 4.79 Å². The normalized spacial score (nSPS) is 10.5. The molecule has 0 spiro atoms. The molecule has 0 saturated carbocycles. The highest BCUT2D eigenvalue weighted by molar-refractivity contribution is 6.31. The van der Waals surface area contributed by atoms with E-state index >= 15 is 0 Å². The van der Waals surface area contributed by atoms with Crippen LogP contribution in [0.3, 0.4) is 0 Å². The molecular formula is C18H14ClNO3. The van der Waals surface area contributed by atoms with Crippen molar-refractivity contribution < 1.29 is 13.9 Å². The molecule has 0 saturated heterocycles. The molecular weight excluding hydrogens is 314 g/mol. The van der Waals surface area contributed by atoms with Gasteiger partial charge in [-0.1, -0.05) is 29.8 Å². The first-order valence-corrected chi connectivity index (χ1v) is 7.44. The largest absolute Gasteiger partial charge is 0.486 e. The minimum absolute atomic E-state index is 0.104. The Morgan fingerprint density at radius 3 is 2.74 bits per heavy atom. The summed E-state index contributed by atoms with van der Waals surface area (Å²) in [5.74, 6) is 0.908. The van der Waals surface area contributed by atoms with Gasteiger partial charge in [0.2, 0.25) is 5.89 Å². The van der Waals surface area contributed by atoms with Gasteiger partial charge >= 0.3 is 0 Å².